The van der Waals surface area contributed by atoms with E-state index in [2.05, 4.69) is 29.6 Å². The van der Waals surface area contributed by atoms with Crippen molar-refractivity contribution in [2.45, 2.75) is 43.7 Å². The van der Waals surface area contributed by atoms with Gasteiger partial charge in [-0.25, -0.2) is 0 Å². The highest BCUT2D eigenvalue weighted by atomic mass is 16.5. The lowest BCUT2D eigenvalue weighted by Crippen LogP contribution is -2.44. The lowest BCUT2D eigenvalue weighted by molar-refractivity contribution is 0.0463. The molecular weight excluding hydrogens is 238 g/mol. The van der Waals surface area contributed by atoms with E-state index in [1.807, 2.05) is 13.1 Å². The molecule has 3 nitrogen and oxygen atoms in total. The van der Waals surface area contributed by atoms with Gasteiger partial charge in [0.15, 0.2) is 0 Å². The van der Waals surface area contributed by atoms with Crippen LogP contribution in [0.5, 0.6) is 0 Å². The van der Waals surface area contributed by atoms with Crippen LogP contribution < -0.4 is 5.32 Å². The van der Waals surface area contributed by atoms with Crippen molar-refractivity contribution in [1.29, 1.82) is 0 Å². The molecule has 19 heavy (non-hydrogen) atoms. The monoisotopic (exact) mass is 263 g/mol. The molecular formula is C16H25NO2. The standard InChI is InChI=1S/C16H25NO2/c1-17-16(13-18)10-9-15(12-16)19-11-5-8-14-6-3-2-4-7-14/h2-4,6-7,15,17-18H,5,8-13H2,1H3. The van der Waals surface area contributed by atoms with Gasteiger partial charge in [-0.15, -0.1) is 0 Å². The zero-order valence-corrected chi connectivity index (χ0v) is 11.8. The number of hydrogen-bond acceptors (Lipinski definition) is 3. The zero-order chi connectivity index (χ0) is 13.6. The van der Waals surface area contributed by atoms with E-state index in [0.717, 1.165) is 38.7 Å². The van der Waals surface area contributed by atoms with Crippen molar-refractivity contribution in [3.8, 4) is 0 Å². The molecule has 1 fully saturated rings. The second kappa shape index (κ2) is 7.04. The van der Waals surface area contributed by atoms with Gasteiger partial charge >= 0.3 is 0 Å². The molecule has 2 atom stereocenters. The third-order valence-corrected chi connectivity index (χ3v) is 4.20. The minimum absolute atomic E-state index is 0.107. The van der Waals surface area contributed by atoms with Gasteiger partial charge in [-0.2, -0.15) is 0 Å². The minimum atomic E-state index is -0.107. The number of benzene rings is 1. The number of aryl methyl sites for hydroxylation is 1. The van der Waals surface area contributed by atoms with Crippen molar-refractivity contribution in [3.63, 3.8) is 0 Å². The molecule has 1 aromatic rings. The first-order valence-corrected chi connectivity index (χ1v) is 7.23. The van der Waals surface area contributed by atoms with Gasteiger partial charge in [-0.05, 0) is 44.7 Å². The first kappa shape index (κ1) is 14.5. The van der Waals surface area contributed by atoms with Gasteiger partial charge < -0.3 is 15.2 Å². The zero-order valence-electron chi connectivity index (χ0n) is 11.8. The van der Waals surface area contributed by atoms with Crippen LogP contribution in [-0.2, 0) is 11.2 Å². The Bertz CT molecular complexity index is 362. The Morgan fingerprint density at radius 2 is 2.16 bits per heavy atom. The Balaban J connectivity index is 1.65. The van der Waals surface area contributed by atoms with Crippen molar-refractivity contribution in [2.24, 2.45) is 0 Å². The Hall–Kier alpha value is -0.900. The van der Waals surface area contributed by atoms with Crippen LogP contribution in [0.3, 0.4) is 0 Å². The molecule has 0 radical (unpaired) electrons. The van der Waals surface area contributed by atoms with Gasteiger partial charge in [0.25, 0.3) is 0 Å². The maximum atomic E-state index is 9.44. The molecule has 2 unspecified atom stereocenters. The smallest absolute Gasteiger partial charge is 0.0614 e. The number of aliphatic hydroxyl groups excluding tert-OH is 1. The van der Waals surface area contributed by atoms with Crippen molar-refractivity contribution in [3.05, 3.63) is 35.9 Å². The summed E-state index contributed by atoms with van der Waals surface area (Å²) in [5.41, 5.74) is 1.27. The molecule has 106 valence electrons. The summed E-state index contributed by atoms with van der Waals surface area (Å²) in [6.45, 7) is 1.01. The number of aliphatic hydroxyl groups is 1. The van der Waals surface area contributed by atoms with E-state index in [1.54, 1.807) is 0 Å². The second-order valence-electron chi connectivity index (χ2n) is 5.51. The summed E-state index contributed by atoms with van der Waals surface area (Å²) in [7, 11) is 1.92. The molecule has 0 saturated heterocycles. The van der Waals surface area contributed by atoms with Crippen LogP contribution in [0.1, 0.15) is 31.2 Å². The van der Waals surface area contributed by atoms with E-state index in [9.17, 15) is 5.11 Å². The van der Waals surface area contributed by atoms with E-state index in [0.29, 0.717) is 6.10 Å². The van der Waals surface area contributed by atoms with Gasteiger partial charge in [0, 0.05) is 12.1 Å². The fourth-order valence-electron chi connectivity index (χ4n) is 2.84. The molecule has 2 N–H and O–H groups in total. The lowest BCUT2D eigenvalue weighted by atomic mass is 9.99. The fraction of sp³-hybridized carbons (Fsp3) is 0.625. The Kier molecular flexibility index (Phi) is 5.37. The second-order valence-corrected chi connectivity index (χ2v) is 5.51. The molecule has 3 heteroatoms. The average molecular weight is 263 g/mol. The van der Waals surface area contributed by atoms with Crippen molar-refractivity contribution in [1.82, 2.24) is 5.32 Å². The van der Waals surface area contributed by atoms with Gasteiger partial charge in [0.1, 0.15) is 0 Å². The number of likely N-dealkylation sites (N-methyl/N-ethyl adjacent to an activating group) is 1. The number of ether oxygens (including phenoxy) is 1. The van der Waals surface area contributed by atoms with E-state index >= 15 is 0 Å². The predicted octanol–water partition coefficient (Wildman–Crippen LogP) is 2.14. The molecule has 0 amide bonds. The predicted molar refractivity (Wildman–Crippen MR) is 77.2 cm³/mol. The molecule has 1 aliphatic rings. The maximum Gasteiger partial charge on any atom is 0.0614 e. The van der Waals surface area contributed by atoms with Gasteiger partial charge in [0.05, 0.1) is 12.7 Å². The number of rotatable bonds is 7. The Labute approximate surface area is 116 Å². The van der Waals surface area contributed by atoms with Crippen molar-refractivity contribution < 1.29 is 9.84 Å². The molecule has 0 bridgehead atoms. The molecule has 2 rings (SSSR count). The normalized spacial score (nSPS) is 26.7. The summed E-state index contributed by atoms with van der Waals surface area (Å²) in [6.07, 6.45) is 5.41. The highest BCUT2D eigenvalue weighted by Gasteiger charge is 2.37. The van der Waals surface area contributed by atoms with Crippen LogP contribution >= 0.6 is 0 Å². The largest absolute Gasteiger partial charge is 0.394 e. The maximum absolute atomic E-state index is 9.44. The summed E-state index contributed by atoms with van der Waals surface area (Å²) < 4.78 is 5.93. The van der Waals surface area contributed by atoms with Crippen LogP contribution in [0.2, 0.25) is 0 Å². The molecule has 1 aromatic carbocycles. The summed E-state index contributed by atoms with van der Waals surface area (Å²) in [5, 5.41) is 12.7. The van der Waals surface area contributed by atoms with E-state index < -0.39 is 0 Å². The van der Waals surface area contributed by atoms with Crippen LogP contribution in [0.25, 0.3) is 0 Å². The summed E-state index contributed by atoms with van der Waals surface area (Å²) >= 11 is 0. The number of nitrogens with one attached hydrogen (secondary N) is 1. The summed E-state index contributed by atoms with van der Waals surface area (Å²) in [5.74, 6) is 0. The SMILES string of the molecule is CNC1(CO)CCC(OCCCc2ccccc2)C1. The van der Waals surface area contributed by atoms with E-state index in [-0.39, 0.29) is 12.1 Å². The van der Waals surface area contributed by atoms with Crippen LogP contribution in [-0.4, -0.2) is 37.0 Å². The molecule has 1 aliphatic carbocycles. The summed E-state index contributed by atoms with van der Waals surface area (Å²) in [6, 6.07) is 10.5. The first-order chi connectivity index (χ1) is 9.28. The minimum Gasteiger partial charge on any atom is -0.394 e. The Morgan fingerprint density at radius 3 is 2.79 bits per heavy atom. The molecule has 0 spiro atoms. The summed E-state index contributed by atoms with van der Waals surface area (Å²) in [4.78, 5) is 0. The van der Waals surface area contributed by atoms with Crippen LogP contribution in [0.15, 0.2) is 30.3 Å². The van der Waals surface area contributed by atoms with Crippen LogP contribution in [0, 0.1) is 0 Å². The topological polar surface area (TPSA) is 41.5 Å². The third-order valence-electron chi connectivity index (χ3n) is 4.20. The highest BCUT2D eigenvalue weighted by molar-refractivity contribution is 5.14. The average Bonchev–Trinajstić information content (AvgIpc) is 2.89. The van der Waals surface area contributed by atoms with E-state index in [4.69, 9.17) is 4.74 Å². The number of hydrogen-bond donors (Lipinski definition) is 2. The quantitative estimate of drug-likeness (QED) is 0.741. The van der Waals surface area contributed by atoms with Gasteiger partial charge in [0.2, 0.25) is 0 Å². The fourth-order valence-corrected chi connectivity index (χ4v) is 2.84. The third kappa shape index (κ3) is 4.03. The van der Waals surface area contributed by atoms with Crippen molar-refractivity contribution in [2.75, 3.05) is 20.3 Å². The lowest BCUT2D eigenvalue weighted by Gasteiger charge is -2.26. The molecule has 0 aromatic heterocycles. The molecule has 1 saturated carbocycles. The van der Waals surface area contributed by atoms with Crippen LogP contribution in [0.4, 0.5) is 0 Å². The highest BCUT2D eigenvalue weighted by Crippen LogP contribution is 2.31. The van der Waals surface area contributed by atoms with E-state index in [1.165, 1.54) is 5.56 Å². The van der Waals surface area contributed by atoms with Crippen molar-refractivity contribution >= 4 is 0 Å². The first-order valence-electron chi connectivity index (χ1n) is 7.23. The van der Waals surface area contributed by atoms with Gasteiger partial charge in [-0.1, -0.05) is 30.3 Å². The molecule has 0 heterocycles. The van der Waals surface area contributed by atoms with Gasteiger partial charge in [-0.3, -0.25) is 0 Å². The Morgan fingerprint density at radius 1 is 1.37 bits per heavy atom. The molecule has 0 aliphatic heterocycles.